The molecule has 0 aliphatic rings. The van der Waals surface area contributed by atoms with Crippen LogP contribution in [0.1, 0.15) is 71.1 Å². The molecule has 0 spiro atoms. The van der Waals surface area contributed by atoms with E-state index in [9.17, 15) is 33.9 Å². The van der Waals surface area contributed by atoms with E-state index in [0.29, 0.717) is 6.42 Å². The fraction of sp³-hybridized carbons (Fsp3) is 0.667. The minimum absolute atomic E-state index is 0.0143. The van der Waals surface area contributed by atoms with Gasteiger partial charge < -0.3 is 94.8 Å². The van der Waals surface area contributed by atoms with E-state index in [-0.39, 0.29) is 120 Å². The summed E-state index contributed by atoms with van der Waals surface area (Å²) in [6.45, 7) is 1.75. The van der Waals surface area contributed by atoms with Crippen molar-refractivity contribution in [3.8, 4) is 0 Å². The predicted octanol–water partition coefficient (Wildman–Crippen LogP) is -7.89. The van der Waals surface area contributed by atoms with Gasteiger partial charge in [0, 0.05) is 32.7 Å². The molecule has 0 rings (SSSR count). The van der Waals surface area contributed by atoms with E-state index in [1.807, 2.05) is 0 Å². The zero-order valence-corrected chi connectivity index (χ0v) is 34.6. The number of guanidine groups is 5. The highest BCUT2D eigenvalue weighted by Gasteiger charge is 2.32. The van der Waals surface area contributed by atoms with Crippen LogP contribution >= 0.6 is 0 Å². The van der Waals surface area contributed by atoms with Gasteiger partial charge in [0.2, 0.25) is 29.5 Å². The molecule has 0 aromatic carbocycles. The zero-order valence-electron chi connectivity index (χ0n) is 34.6. The maximum absolute atomic E-state index is 14.0. The van der Waals surface area contributed by atoms with Crippen molar-refractivity contribution >= 4 is 65.3 Å². The van der Waals surface area contributed by atoms with Crippen molar-refractivity contribution in [1.82, 2.24) is 26.6 Å². The minimum atomic E-state index is -1.35. The van der Waals surface area contributed by atoms with E-state index in [1.54, 1.807) is 0 Å². The fourth-order valence-electron chi connectivity index (χ4n) is 5.21. The van der Waals surface area contributed by atoms with Crippen LogP contribution in [0.5, 0.6) is 0 Å². The molecule has 0 aromatic heterocycles. The van der Waals surface area contributed by atoms with Crippen molar-refractivity contribution in [2.75, 3.05) is 32.7 Å². The molecule has 28 heteroatoms. The SMILES string of the molecule is CC(NC(=O)C(CCCN=C(N)N)NC(=O)C(CCCN=C(N)N)NC(=O)C(CCCN=C(N)N)NC(=O)C(CCCN=C(N)N)NC(=O)C(N)CCCN=C(N)N)C(=O)O. The highest BCUT2D eigenvalue weighted by Crippen LogP contribution is 2.09. The number of carboxylic acids is 1. The lowest BCUT2D eigenvalue weighted by Crippen LogP contribution is -2.59. The smallest absolute Gasteiger partial charge is 0.325 e. The van der Waals surface area contributed by atoms with E-state index in [0.717, 1.165) is 0 Å². The standard InChI is InChI=1S/C33H67N21O7/c1-17(28(60)61)50-24(56)19(8-3-13-46-30(37)38)52-26(58)21(10-5-15-48-32(41)42)54-27(59)22(11-6-16-49-33(43)44)53-25(57)20(9-4-14-47-31(39)40)51-23(55)18(34)7-2-12-45-29(35)36/h17-22H,2-16,34H2,1H3,(H,50,56)(H,51,55)(H,52,58)(H,53,57)(H,54,59)(H,60,61)(H4,35,36,45)(H4,37,38,46)(H4,39,40,47)(H4,41,42,48)(H4,43,44,49). The second-order valence-corrected chi connectivity index (χ2v) is 13.7. The van der Waals surface area contributed by atoms with Gasteiger partial charge in [0.05, 0.1) is 6.04 Å². The second kappa shape index (κ2) is 30.2. The Hall–Kier alpha value is -6.87. The van der Waals surface area contributed by atoms with Crippen LogP contribution in [0.2, 0.25) is 0 Å². The molecule has 0 heterocycles. The second-order valence-electron chi connectivity index (χ2n) is 13.7. The monoisotopic (exact) mass is 870 g/mol. The summed E-state index contributed by atoms with van der Waals surface area (Å²) in [6, 6.07) is -7.58. The lowest BCUT2D eigenvalue weighted by Gasteiger charge is -2.27. The molecule has 61 heavy (non-hydrogen) atoms. The first kappa shape index (κ1) is 54.1. The summed E-state index contributed by atoms with van der Waals surface area (Å²) in [5.74, 6) is -6.23. The molecule has 28 N–H and O–H groups in total. The number of carbonyl (C=O) groups is 6. The van der Waals surface area contributed by atoms with Gasteiger partial charge >= 0.3 is 5.97 Å². The Morgan fingerprint density at radius 2 is 0.639 bits per heavy atom. The average molecular weight is 870 g/mol. The van der Waals surface area contributed by atoms with Crippen LogP contribution in [-0.4, -0.2) is 139 Å². The van der Waals surface area contributed by atoms with Gasteiger partial charge in [0.15, 0.2) is 29.8 Å². The largest absolute Gasteiger partial charge is 0.480 e. The molecular weight excluding hydrogens is 803 g/mol. The van der Waals surface area contributed by atoms with Gasteiger partial charge in [-0.15, -0.1) is 0 Å². The number of carboxylic acid groups (broad SMARTS) is 1. The number of nitrogens with one attached hydrogen (secondary N) is 5. The Morgan fingerprint density at radius 3 is 0.885 bits per heavy atom. The zero-order chi connectivity index (χ0) is 46.5. The summed E-state index contributed by atoms with van der Waals surface area (Å²) in [5.41, 5.74) is 60.2. The van der Waals surface area contributed by atoms with Crippen molar-refractivity contribution in [2.45, 2.75) is 107 Å². The topological polar surface area (TPSA) is 531 Å². The van der Waals surface area contributed by atoms with Gasteiger partial charge in [-0.3, -0.25) is 53.7 Å². The molecule has 0 saturated carbocycles. The first-order valence-electron chi connectivity index (χ1n) is 19.4. The van der Waals surface area contributed by atoms with Crippen molar-refractivity contribution < 1.29 is 33.9 Å². The normalized spacial score (nSPS) is 13.5. The van der Waals surface area contributed by atoms with E-state index in [4.69, 9.17) is 63.1 Å². The van der Waals surface area contributed by atoms with Crippen molar-refractivity contribution in [1.29, 1.82) is 0 Å². The fourth-order valence-corrected chi connectivity index (χ4v) is 5.21. The van der Waals surface area contributed by atoms with Gasteiger partial charge in [-0.2, -0.15) is 0 Å². The first-order valence-corrected chi connectivity index (χ1v) is 19.4. The number of nitrogens with two attached hydrogens (primary N) is 11. The van der Waals surface area contributed by atoms with E-state index in [1.165, 1.54) is 6.92 Å². The minimum Gasteiger partial charge on any atom is -0.480 e. The van der Waals surface area contributed by atoms with Crippen molar-refractivity contribution in [3.63, 3.8) is 0 Å². The van der Waals surface area contributed by atoms with Crippen LogP contribution < -0.4 is 89.7 Å². The van der Waals surface area contributed by atoms with Crippen molar-refractivity contribution in [3.05, 3.63) is 0 Å². The van der Waals surface area contributed by atoms with Gasteiger partial charge in [0.25, 0.3) is 0 Å². The van der Waals surface area contributed by atoms with Gasteiger partial charge in [-0.1, -0.05) is 0 Å². The van der Waals surface area contributed by atoms with Crippen LogP contribution in [0, 0.1) is 0 Å². The van der Waals surface area contributed by atoms with Gasteiger partial charge in [0.1, 0.15) is 30.2 Å². The lowest BCUT2D eigenvalue weighted by molar-refractivity contribution is -0.141. The highest BCUT2D eigenvalue weighted by atomic mass is 16.4. The summed E-state index contributed by atoms with van der Waals surface area (Å²) in [4.78, 5) is 99.0. The third-order valence-corrected chi connectivity index (χ3v) is 8.35. The number of carbonyl (C=O) groups excluding carboxylic acids is 5. The molecule has 6 atom stereocenters. The van der Waals surface area contributed by atoms with Crippen LogP contribution in [0.25, 0.3) is 0 Å². The molecule has 0 aromatic rings. The quantitative estimate of drug-likeness (QED) is 0.0175. The van der Waals surface area contributed by atoms with Crippen LogP contribution in [-0.2, 0) is 28.8 Å². The van der Waals surface area contributed by atoms with Crippen LogP contribution in [0.3, 0.4) is 0 Å². The molecule has 0 aliphatic heterocycles. The highest BCUT2D eigenvalue weighted by molar-refractivity contribution is 5.96. The third-order valence-electron chi connectivity index (χ3n) is 8.35. The van der Waals surface area contributed by atoms with Gasteiger partial charge in [-0.25, -0.2) is 0 Å². The van der Waals surface area contributed by atoms with E-state index in [2.05, 4.69) is 51.5 Å². The van der Waals surface area contributed by atoms with Gasteiger partial charge in [-0.05, 0) is 71.1 Å². The Kier molecular flexibility index (Phi) is 26.8. The van der Waals surface area contributed by atoms with Crippen LogP contribution in [0.15, 0.2) is 25.0 Å². The Labute approximate surface area is 353 Å². The molecule has 0 bridgehead atoms. The molecule has 0 aliphatic carbocycles. The molecule has 6 unspecified atom stereocenters. The average Bonchev–Trinajstić information content (AvgIpc) is 3.16. The summed E-state index contributed by atoms with van der Waals surface area (Å²) >= 11 is 0. The summed E-state index contributed by atoms with van der Waals surface area (Å²) < 4.78 is 0. The molecule has 5 amide bonds. The maximum Gasteiger partial charge on any atom is 0.325 e. The lowest BCUT2D eigenvalue weighted by atomic mass is 10.0. The molecule has 0 radical (unpaired) electrons. The first-order chi connectivity index (χ1) is 28.6. The Morgan fingerprint density at radius 1 is 0.410 bits per heavy atom. The Balaban J connectivity index is 6.62. The summed E-state index contributed by atoms with van der Waals surface area (Å²) in [7, 11) is 0. The number of nitrogens with zero attached hydrogens (tertiary/aromatic N) is 5. The van der Waals surface area contributed by atoms with E-state index < -0.39 is 71.8 Å². The summed E-state index contributed by atoms with van der Waals surface area (Å²) in [6.07, 6.45) is 1.12. The number of amides is 5. The predicted molar refractivity (Wildman–Crippen MR) is 230 cm³/mol. The summed E-state index contributed by atoms with van der Waals surface area (Å²) in [5, 5.41) is 22.1. The van der Waals surface area contributed by atoms with Crippen molar-refractivity contribution in [2.24, 2.45) is 88.0 Å². The maximum atomic E-state index is 14.0. The number of aliphatic imine (C=N–C) groups is 5. The van der Waals surface area contributed by atoms with E-state index >= 15 is 0 Å². The number of rotatable bonds is 31. The molecule has 28 nitrogen and oxygen atoms in total. The molecular formula is C33H67N21O7. The molecule has 0 saturated heterocycles. The molecule has 346 valence electrons. The number of aliphatic carboxylic acids is 1. The van der Waals surface area contributed by atoms with Crippen LogP contribution in [0.4, 0.5) is 0 Å². The number of hydrogen-bond donors (Lipinski definition) is 17. The third kappa shape index (κ3) is 26.7. The Bertz CT molecular complexity index is 1570. The number of hydrogen-bond acceptors (Lipinski definition) is 12. The molecule has 0 fully saturated rings.